The van der Waals surface area contributed by atoms with Crippen molar-refractivity contribution in [3.63, 3.8) is 0 Å². The third kappa shape index (κ3) is 4.02. The molecule has 158 valence electrons. The summed E-state index contributed by atoms with van der Waals surface area (Å²) in [7, 11) is 2.85. The number of anilines is 2. The lowest BCUT2D eigenvalue weighted by Crippen LogP contribution is -2.39. The van der Waals surface area contributed by atoms with E-state index in [4.69, 9.17) is 21.1 Å². The first-order chi connectivity index (χ1) is 14.3. The van der Waals surface area contributed by atoms with Gasteiger partial charge in [0.1, 0.15) is 29.9 Å². The van der Waals surface area contributed by atoms with Gasteiger partial charge in [-0.05, 0) is 37.3 Å². The quantitative estimate of drug-likeness (QED) is 0.703. The van der Waals surface area contributed by atoms with Gasteiger partial charge in [-0.3, -0.25) is 19.4 Å². The molecular weight excluding hydrogens is 417 g/mol. The Bertz CT molecular complexity index is 999. The number of carbonyl (C=O) groups excluding carboxylic acids is 3. The van der Waals surface area contributed by atoms with Crippen LogP contribution in [-0.2, 0) is 9.59 Å². The summed E-state index contributed by atoms with van der Waals surface area (Å²) in [6.45, 7) is 1.03. The summed E-state index contributed by atoms with van der Waals surface area (Å²) < 4.78 is 23.5. The molecule has 4 amide bonds. The third-order valence-corrected chi connectivity index (χ3v) is 4.90. The Balaban J connectivity index is 1.77. The van der Waals surface area contributed by atoms with Gasteiger partial charge in [-0.1, -0.05) is 11.6 Å². The molecule has 1 aliphatic rings. The maximum absolute atomic E-state index is 13.2. The smallest absolute Gasteiger partial charge is 0.332 e. The number of nitrogens with one attached hydrogen (secondary N) is 1. The lowest BCUT2D eigenvalue weighted by molar-refractivity contribution is -0.130. The van der Waals surface area contributed by atoms with Crippen LogP contribution in [0, 0.1) is 5.82 Å². The number of methoxy groups -OCH3 is 2. The van der Waals surface area contributed by atoms with Gasteiger partial charge in [-0.25, -0.2) is 9.18 Å². The lowest BCUT2D eigenvalue weighted by atomic mass is 10.2. The van der Waals surface area contributed by atoms with E-state index < -0.39 is 36.2 Å². The first kappa shape index (κ1) is 21.4. The molecule has 0 aromatic heterocycles. The molecule has 0 spiro atoms. The fraction of sp³-hybridized carbons (Fsp3) is 0.250. The van der Waals surface area contributed by atoms with Crippen LogP contribution in [0.1, 0.15) is 6.92 Å². The molecule has 1 fully saturated rings. The SMILES string of the molecule is COc1cc(OC)c(NC(=O)CN2C(=O)C(C)N(c3ccc(F)cc3)C2=O)cc1Cl. The van der Waals surface area contributed by atoms with Crippen molar-refractivity contribution in [2.24, 2.45) is 0 Å². The highest BCUT2D eigenvalue weighted by atomic mass is 35.5. The second-order valence-electron chi connectivity index (χ2n) is 6.46. The first-order valence-electron chi connectivity index (χ1n) is 8.88. The predicted octanol–water partition coefficient (Wildman–Crippen LogP) is 3.29. The number of hydrogen-bond acceptors (Lipinski definition) is 5. The largest absolute Gasteiger partial charge is 0.495 e. The summed E-state index contributed by atoms with van der Waals surface area (Å²) >= 11 is 6.09. The Morgan fingerprint density at radius 1 is 1.13 bits per heavy atom. The van der Waals surface area contributed by atoms with Crippen LogP contribution in [0.25, 0.3) is 0 Å². The van der Waals surface area contributed by atoms with Gasteiger partial charge in [0, 0.05) is 11.8 Å². The van der Waals surface area contributed by atoms with Gasteiger partial charge in [0.2, 0.25) is 5.91 Å². The maximum atomic E-state index is 13.2. The minimum atomic E-state index is -0.833. The molecule has 0 radical (unpaired) electrons. The van der Waals surface area contributed by atoms with Crippen molar-refractivity contribution in [2.75, 3.05) is 31.0 Å². The van der Waals surface area contributed by atoms with E-state index in [1.54, 1.807) is 0 Å². The normalized spacial score (nSPS) is 16.1. The van der Waals surface area contributed by atoms with Crippen LogP contribution in [0.5, 0.6) is 11.5 Å². The molecule has 2 aromatic carbocycles. The standard InChI is InChI=1S/C20H19ClFN3O5/c1-11-19(27)24(20(28)25(11)13-6-4-12(22)5-7-13)10-18(26)23-15-8-14(21)16(29-2)9-17(15)30-3/h4-9,11H,10H2,1-3H3,(H,23,26). The van der Waals surface area contributed by atoms with Crippen LogP contribution in [0.4, 0.5) is 20.6 Å². The average Bonchev–Trinajstić information content (AvgIpc) is 2.92. The third-order valence-electron chi connectivity index (χ3n) is 4.60. The van der Waals surface area contributed by atoms with E-state index in [1.165, 1.54) is 62.4 Å². The van der Waals surface area contributed by atoms with Gasteiger partial charge in [-0.15, -0.1) is 0 Å². The van der Waals surface area contributed by atoms with Gasteiger partial charge in [0.05, 0.1) is 24.9 Å². The van der Waals surface area contributed by atoms with E-state index in [9.17, 15) is 18.8 Å². The van der Waals surface area contributed by atoms with Crippen LogP contribution in [0.3, 0.4) is 0 Å². The molecular formula is C20H19ClFN3O5. The molecule has 1 heterocycles. The van der Waals surface area contributed by atoms with Crippen molar-refractivity contribution < 1.29 is 28.2 Å². The Morgan fingerprint density at radius 3 is 2.37 bits per heavy atom. The first-order valence-corrected chi connectivity index (χ1v) is 9.26. The van der Waals surface area contributed by atoms with Crippen molar-refractivity contribution in [2.45, 2.75) is 13.0 Å². The van der Waals surface area contributed by atoms with Crippen LogP contribution in [-0.4, -0.2) is 49.6 Å². The zero-order valence-corrected chi connectivity index (χ0v) is 17.2. The Hall–Kier alpha value is -3.33. The Kier molecular flexibility index (Phi) is 6.12. The summed E-state index contributed by atoms with van der Waals surface area (Å²) in [6.07, 6.45) is 0. The molecule has 2 aromatic rings. The number of nitrogens with zero attached hydrogens (tertiary/aromatic N) is 2. The molecule has 0 aliphatic carbocycles. The number of carbonyl (C=O) groups is 3. The van der Waals surface area contributed by atoms with Crippen molar-refractivity contribution in [3.8, 4) is 11.5 Å². The monoisotopic (exact) mass is 435 g/mol. The molecule has 8 nitrogen and oxygen atoms in total. The van der Waals surface area contributed by atoms with Gasteiger partial charge >= 0.3 is 6.03 Å². The van der Waals surface area contributed by atoms with Crippen molar-refractivity contribution >= 4 is 40.8 Å². The molecule has 1 aliphatic heterocycles. The second-order valence-corrected chi connectivity index (χ2v) is 6.87. The molecule has 0 bridgehead atoms. The number of imide groups is 1. The fourth-order valence-electron chi connectivity index (χ4n) is 3.10. The van der Waals surface area contributed by atoms with Crippen LogP contribution < -0.4 is 19.7 Å². The van der Waals surface area contributed by atoms with E-state index in [-0.39, 0.29) is 10.7 Å². The molecule has 30 heavy (non-hydrogen) atoms. The molecule has 1 saturated heterocycles. The number of halogens is 2. The van der Waals surface area contributed by atoms with Crippen molar-refractivity contribution in [1.82, 2.24) is 4.90 Å². The maximum Gasteiger partial charge on any atom is 0.332 e. The van der Waals surface area contributed by atoms with Crippen molar-refractivity contribution in [3.05, 3.63) is 47.2 Å². The van der Waals surface area contributed by atoms with Crippen molar-refractivity contribution in [1.29, 1.82) is 0 Å². The molecule has 1 N–H and O–H groups in total. The number of benzene rings is 2. The highest BCUT2D eigenvalue weighted by Crippen LogP contribution is 2.36. The van der Waals surface area contributed by atoms with E-state index in [2.05, 4.69) is 5.32 Å². The van der Waals surface area contributed by atoms with Gasteiger partial charge < -0.3 is 14.8 Å². The number of hydrogen-bond donors (Lipinski definition) is 1. The van der Waals surface area contributed by atoms with Crippen LogP contribution in [0.2, 0.25) is 5.02 Å². The minimum Gasteiger partial charge on any atom is -0.495 e. The summed E-state index contributed by atoms with van der Waals surface area (Å²) in [5.74, 6) is -0.971. The minimum absolute atomic E-state index is 0.248. The summed E-state index contributed by atoms with van der Waals surface area (Å²) in [6, 6.07) is 6.61. The summed E-state index contributed by atoms with van der Waals surface area (Å²) in [5, 5.41) is 2.83. The number of rotatable bonds is 6. The molecule has 0 saturated carbocycles. The van der Waals surface area contributed by atoms with E-state index in [1.807, 2.05) is 0 Å². The average molecular weight is 436 g/mol. The lowest BCUT2D eigenvalue weighted by Gasteiger charge is -2.19. The number of amides is 4. The molecule has 1 atom stereocenters. The van der Waals surface area contributed by atoms with E-state index in [0.29, 0.717) is 17.2 Å². The number of urea groups is 1. The summed E-state index contributed by atoms with van der Waals surface area (Å²) in [4.78, 5) is 39.9. The highest BCUT2D eigenvalue weighted by Gasteiger charge is 2.44. The zero-order valence-electron chi connectivity index (χ0n) is 16.4. The van der Waals surface area contributed by atoms with E-state index in [0.717, 1.165) is 4.90 Å². The van der Waals surface area contributed by atoms with Gasteiger partial charge in [0.15, 0.2) is 0 Å². The van der Waals surface area contributed by atoms with E-state index >= 15 is 0 Å². The van der Waals surface area contributed by atoms with Gasteiger partial charge in [-0.2, -0.15) is 0 Å². The molecule has 10 heteroatoms. The Labute approximate surface area is 177 Å². The second kappa shape index (κ2) is 8.58. The Morgan fingerprint density at radius 2 is 1.77 bits per heavy atom. The topological polar surface area (TPSA) is 88.2 Å². The zero-order chi connectivity index (χ0) is 22.0. The van der Waals surface area contributed by atoms with Crippen LogP contribution >= 0.6 is 11.6 Å². The highest BCUT2D eigenvalue weighted by molar-refractivity contribution is 6.32. The molecule has 3 rings (SSSR count). The predicted molar refractivity (Wildman–Crippen MR) is 109 cm³/mol. The van der Waals surface area contributed by atoms with Gasteiger partial charge in [0.25, 0.3) is 5.91 Å². The molecule has 1 unspecified atom stereocenters. The number of ether oxygens (including phenoxy) is 2. The van der Waals surface area contributed by atoms with Crippen LogP contribution in [0.15, 0.2) is 36.4 Å². The summed E-state index contributed by atoms with van der Waals surface area (Å²) in [5.41, 5.74) is 0.615. The fourth-order valence-corrected chi connectivity index (χ4v) is 3.34.